The van der Waals surface area contributed by atoms with Gasteiger partial charge in [-0.1, -0.05) is 6.07 Å². The SMILES string of the molecule is Cc1ccc(N2CC[C@@H](NC(=O)C[C@H]3CCN(C)C3)C2)c2c(C)ccnc12. The zero-order chi connectivity index (χ0) is 19.0. The summed E-state index contributed by atoms with van der Waals surface area (Å²) in [5.74, 6) is 0.732. The van der Waals surface area contributed by atoms with Gasteiger partial charge < -0.3 is 15.1 Å². The minimum atomic E-state index is 0.216. The summed E-state index contributed by atoms with van der Waals surface area (Å²) in [6.07, 6.45) is 4.70. The van der Waals surface area contributed by atoms with Crippen LogP contribution in [-0.2, 0) is 4.79 Å². The third-order valence-corrected chi connectivity index (χ3v) is 6.14. The molecule has 2 fully saturated rings. The highest BCUT2D eigenvalue weighted by molar-refractivity contribution is 5.96. The molecule has 0 spiro atoms. The van der Waals surface area contributed by atoms with Crippen LogP contribution >= 0.6 is 0 Å². The molecule has 0 saturated carbocycles. The normalized spacial score (nSPS) is 23.3. The molecule has 1 aromatic heterocycles. The maximum atomic E-state index is 12.5. The summed E-state index contributed by atoms with van der Waals surface area (Å²) < 4.78 is 0. The Morgan fingerprint density at radius 2 is 2.00 bits per heavy atom. The van der Waals surface area contributed by atoms with E-state index < -0.39 is 0 Å². The van der Waals surface area contributed by atoms with Crippen molar-refractivity contribution in [2.75, 3.05) is 38.1 Å². The molecule has 3 heterocycles. The lowest BCUT2D eigenvalue weighted by Crippen LogP contribution is -2.38. The van der Waals surface area contributed by atoms with Crippen LogP contribution < -0.4 is 10.2 Å². The molecule has 4 rings (SSSR count). The zero-order valence-electron chi connectivity index (χ0n) is 16.7. The van der Waals surface area contributed by atoms with Gasteiger partial charge in [-0.05, 0) is 69.5 Å². The van der Waals surface area contributed by atoms with Crippen LogP contribution in [0.15, 0.2) is 24.4 Å². The van der Waals surface area contributed by atoms with Gasteiger partial charge in [-0.3, -0.25) is 9.78 Å². The second-order valence-electron chi connectivity index (χ2n) is 8.37. The average molecular weight is 367 g/mol. The molecule has 5 heteroatoms. The van der Waals surface area contributed by atoms with Crippen molar-refractivity contribution >= 4 is 22.5 Å². The first-order valence-corrected chi connectivity index (χ1v) is 10.1. The number of hydrogen-bond donors (Lipinski definition) is 1. The molecule has 144 valence electrons. The summed E-state index contributed by atoms with van der Waals surface area (Å²) in [6.45, 7) is 8.29. The van der Waals surface area contributed by atoms with E-state index in [-0.39, 0.29) is 11.9 Å². The highest BCUT2D eigenvalue weighted by Crippen LogP contribution is 2.32. The molecule has 2 aromatic rings. The lowest BCUT2D eigenvalue weighted by molar-refractivity contribution is -0.122. The summed E-state index contributed by atoms with van der Waals surface area (Å²) in [7, 11) is 2.13. The first-order chi connectivity index (χ1) is 13.0. The number of nitrogens with zero attached hydrogens (tertiary/aromatic N) is 3. The van der Waals surface area contributed by atoms with Crippen LogP contribution in [0.4, 0.5) is 5.69 Å². The van der Waals surface area contributed by atoms with E-state index in [1.54, 1.807) is 0 Å². The van der Waals surface area contributed by atoms with E-state index in [0.717, 1.165) is 44.5 Å². The summed E-state index contributed by atoms with van der Waals surface area (Å²) in [5, 5.41) is 4.53. The van der Waals surface area contributed by atoms with E-state index in [9.17, 15) is 4.79 Å². The minimum absolute atomic E-state index is 0.216. The minimum Gasteiger partial charge on any atom is -0.369 e. The van der Waals surface area contributed by atoms with Gasteiger partial charge >= 0.3 is 0 Å². The standard InChI is InChI=1S/C22H30N4O/c1-15-6-9-23-22-16(2)4-5-19(21(15)22)26-11-8-18(14-26)24-20(27)12-17-7-10-25(3)13-17/h4-6,9,17-18H,7-8,10-14H2,1-3H3,(H,24,27)/t17-,18-/m1/s1. The maximum Gasteiger partial charge on any atom is 0.220 e. The number of pyridine rings is 1. The summed E-state index contributed by atoms with van der Waals surface area (Å²) in [6, 6.07) is 6.70. The Morgan fingerprint density at radius 1 is 1.15 bits per heavy atom. The summed E-state index contributed by atoms with van der Waals surface area (Å²) >= 11 is 0. The van der Waals surface area contributed by atoms with Crippen molar-refractivity contribution in [3.8, 4) is 0 Å². The molecule has 5 nitrogen and oxygen atoms in total. The topological polar surface area (TPSA) is 48.5 Å². The van der Waals surface area contributed by atoms with E-state index in [4.69, 9.17) is 0 Å². The Bertz CT molecular complexity index is 850. The number of aromatic nitrogens is 1. The molecule has 1 N–H and O–H groups in total. The first kappa shape index (κ1) is 18.2. The zero-order valence-corrected chi connectivity index (χ0v) is 16.7. The van der Waals surface area contributed by atoms with Gasteiger partial charge in [0.25, 0.3) is 0 Å². The fraction of sp³-hybridized carbons (Fsp3) is 0.545. The molecule has 1 amide bonds. The number of aryl methyl sites for hydroxylation is 2. The molecule has 27 heavy (non-hydrogen) atoms. The molecule has 0 radical (unpaired) electrons. The molecule has 2 aliphatic rings. The van der Waals surface area contributed by atoms with Crippen molar-refractivity contribution in [2.24, 2.45) is 5.92 Å². The predicted molar refractivity (Wildman–Crippen MR) is 110 cm³/mol. The van der Waals surface area contributed by atoms with Crippen molar-refractivity contribution < 1.29 is 4.79 Å². The maximum absolute atomic E-state index is 12.5. The second kappa shape index (κ2) is 7.47. The second-order valence-corrected chi connectivity index (χ2v) is 8.37. The molecule has 0 aliphatic carbocycles. The van der Waals surface area contributed by atoms with Crippen LogP contribution in [0, 0.1) is 19.8 Å². The van der Waals surface area contributed by atoms with Crippen LogP contribution in [0.2, 0.25) is 0 Å². The molecule has 2 atom stereocenters. The van der Waals surface area contributed by atoms with Gasteiger partial charge in [0, 0.05) is 49.4 Å². The molecular formula is C22H30N4O. The van der Waals surface area contributed by atoms with Crippen molar-refractivity contribution in [3.05, 3.63) is 35.5 Å². The number of hydrogen-bond acceptors (Lipinski definition) is 4. The fourth-order valence-corrected chi connectivity index (χ4v) is 4.65. The van der Waals surface area contributed by atoms with Crippen LogP contribution in [0.5, 0.6) is 0 Å². The van der Waals surface area contributed by atoms with E-state index in [2.05, 4.69) is 59.2 Å². The third kappa shape index (κ3) is 3.79. The van der Waals surface area contributed by atoms with Gasteiger partial charge in [0.05, 0.1) is 5.52 Å². The summed E-state index contributed by atoms with van der Waals surface area (Å²) in [5.41, 5.74) is 4.81. The van der Waals surface area contributed by atoms with E-state index in [0.29, 0.717) is 12.3 Å². The smallest absolute Gasteiger partial charge is 0.220 e. The monoisotopic (exact) mass is 366 g/mol. The van der Waals surface area contributed by atoms with Crippen molar-refractivity contribution in [1.29, 1.82) is 0 Å². The number of carbonyl (C=O) groups excluding carboxylic acids is 1. The van der Waals surface area contributed by atoms with E-state index in [1.807, 2.05) is 6.20 Å². The van der Waals surface area contributed by atoms with Crippen molar-refractivity contribution in [3.63, 3.8) is 0 Å². The van der Waals surface area contributed by atoms with Crippen LogP contribution in [-0.4, -0.2) is 55.1 Å². The number of benzene rings is 1. The lowest BCUT2D eigenvalue weighted by atomic mass is 10.0. The molecule has 0 bridgehead atoms. The fourth-order valence-electron chi connectivity index (χ4n) is 4.65. The van der Waals surface area contributed by atoms with E-state index >= 15 is 0 Å². The number of carbonyl (C=O) groups is 1. The van der Waals surface area contributed by atoms with Crippen LogP contribution in [0.1, 0.15) is 30.4 Å². The largest absolute Gasteiger partial charge is 0.369 e. The Balaban J connectivity index is 1.43. The number of nitrogens with one attached hydrogen (secondary N) is 1. The van der Waals surface area contributed by atoms with Crippen LogP contribution in [0.25, 0.3) is 10.9 Å². The third-order valence-electron chi connectivity index (χ3n) is 6.14. The average Bonchev–Trinajstić information content (AvgIpc) is 3.25. The van der Waals surface area contributed by atoms with Crippen LogP contribution in [0.3, 0.4) is 0 Å². The van der Waals surface area contributed by atoms with Gasteiger partial charge in [0.15, 0.2) is 0 Å². The quantitative estimate of drug-likeness (QED) is 0.904. The molecule has 2 saturated heterocycles. The molecule has 2 aliphatic heterocycles. The van der Waals surface area contributed by atoms with Gasteiger partial charge in [-0.15, -0.1) is 0 Å². The Labute approximate surface area is 161 Å². The molecule has 0 unspecified atom stereocenters. The summed E-state index contributed by atoms with van der Waals surface area (Å²) in [4.78, 5) is 21.8. The molecular weight excluding hydrogens is 336 g/mol. The van der Waals surface area contributed by atoms with E-state index in [1.165, 1.54) is 22.2 Å². The number of rotatable bonds is 4. The number of anilines is 1. The number of likely N-dealkylation sites (tertiary alicyclic amines) is 1. The van der Waals surface area contributed by atoms with Gasteiger partial charge in [-0.2, -0.15) is 0 Å². The molecule has 1 aromatic carbocycles. The lowest BCUT2D eigenvalue weighted by Gasteiger charge is -2.22. The predicted octanol–water partition coefficient (Wildman–Crippen LogP) is 2.89. The Kier molecular flexibility index (Phi) is 5.04. The van der Waals surface area contributed by atoms with Crippen molar-refractivity contribution in [1.82, 2.24) is 15.2 Å². The highest BCUT2D eigenvalue weighted by Gasteiger charge is 2.28. The Hall–Kier alpha value is -2.14. The number of fused-ring (bicyclic) bond motifs is 1. The first-order valence-electron chi connectivity index (χ1n) is 10.1. The van der Waals surface area contributed by atoms with Gasteiger partial charge in [-0.25, -0.2) is 0 Å². The highest BCUT2D eigenvalue weighted by atomic mass is 16.1. The van der Waals surface area contributed by atoms with Gasteiger partial charge in [0.1, 0.15) is 0 Å². The number of amides is 1. The van der Waals surface area contributed by atoms with Gasteiger partial charge in [0.2, 0.25) is 5.91 Å². The Morgan fingerprint density at radius 3 is 2.78 bits per heavy atom. The van der Waals surface area contributed by atoms with Crippen molar-refractivity contribution in [2.45, 2.75) is 39.2 Å².